The number of carbonyl (C=O) groups excluding carboxylic acids is 2. The van der Waals surface area contributed by atoms with E-state index in [1.54, 1.807) is 42.8 Å². The molecule has 0 N–H and O–H groups in total. The summed E-state index contributed by atoms with van der Waals surface area (Å²) in [6.07, 6.45) is 5.76. The summed E-state index contributed by atoms with van der Waals surface area (Å²) in [5.41, 5.74) is 5.52. The molecular weight excluding hydrogens is 653 g/mol. The first-order valence-electron chi connectivity index (χ1n) is 16.5. The van der Waals surface area contributed by atoms with Gasteiger partial charge in [-0.05, 0) is 86.9 Å². The fraction of sp³-hybridized carbons (Fsp3) is 0.256. The van der Waals surface area contributed by atoms with Crippen LogP contribution in [0.2, 0.25) is 0 Å². The Balaban J connectivity index is 1.51. The molecule has 10 nitrogen and oxygen atoms in total. The number of benzene rings is 3. The van der Waals surface area contributed by atoms with Crippen LogP contribution in [0.25, 0.3) is 23.0 Å². The van der Waals surface area contributed by atoms with Gasteiger partial charge in [0.15, 0.2) is 4.80 Å². The number of unbranched alkanes of at least 4 members (excludes halogenated alkanes) is 1. The molecule has 0 spiro atoms. The summed E-state index contributed by atoms with van der Waals surface area (Å²) < 4.78 is 20.0. The van der Waals surface area contributed by atoms with Crippen LogP contribution in [-0.4, -0.2) is 46.6 Å². The van der Waals surface area contributed by atoms with Gasteiger partial charge >= 0.3 is 11.9 Å². The quantitative estimate of drug-likeness (QED) is 0.125. The van der Waals surface area contributed by atoms with Crippen molar-refractivity contribution < 1.29 is 23.8 Å². The Bertz CT molecular complexity index is 2270. The van der Waals surface area contributed by atoms with E-state index in [1.165, 1.54) is 23.0 Å². The summed E-state index contributed by atoms with van der Waals surface area (Å²) in [5, 5.41) is 4.97. The number of carbonyl (C=O) groups is 2. The van der Waals surface area contributed by atoms with E-state index in [9.17, 15) is 14.4 Å². The molecule has 0 amide bonds. The van der Waals surface area contributed by atoms with Crippen molar-refractivity contribution in [3.8, 4) is 22.7 Å². The number of aromatic nitrogens is 3. The highest BCUT2D eigenvalue weighted by Gasteiger charge is 2.33. The van der Waals surface area contributed by atoms with E-state index in [2.05, 4.69) is 6.92 Å². The molecule has 6 rings (SSSR count). The van der Waals surface area contributed by atoms with Crippen LogP contribution in [0.1, 0.15) is 66.7 Å². The van der Waals surface area contributed by atoms with Gasteiger partial charge in [-0.3, -0.25) is 9.36 Å². The highest BCUT2D eigenvalue weighted by atomic mass is 32.1. The topological polar surface area (TPSA) is 114 Å². The number of methoxy groups -OCH3 is 1. The van der Waals surface area contributed by atoms with E-state index in [4.69, 9.17) is 24.3 Å². The molecule has 1 atom stereocenters. The average molecular weight is 691 g/mol. The van der Waals surface area contributed by atoms with Gasteiger partial charge in [0.2, 0.25) is 0 Å². The molecule has 0 fully saturated rings. The highest BCUT2D eigenvalue weighted by molar-refractivity contribution is 7.07. The molecule has 0 aliphatic carbocycles. The molecule has 0 bridgehead atoms. The number of allylic oxidation sites excluding steroid dienone is 1. The molecule has 1 aliphatic heterocycles. The Labute approximate surface area is 293 Å². The van der Waals surface area contributed by atoms with Crippen LogP contribution in [0.3, 0.4) is 0 Å². The van der Waals surface area contributed by atoms with Crippen molar-refractivity contribution in [3.05, 3.63) is 132 Å². The standard InChI is InChI=1S/C39H38N4O6S/c1-6-8-20-49-31-19-18-28(21-24(31)3)34-29(23-42(41-34)30-12-10-9-11-13-30)22-32-36(44)43-35(26-14-16-27(17-15-26)37(45)47-5)33(38(46)48-7-2)25(4)40-39(43)50-32/h9-19,21-23,35H,6-8,20H2,1-5H3/b32-22-. The Morgan fingerprint density at radius 2 is 1.74 bits per heavy atom. The van der Waals surface area contributed by atoms with Crippen LogP contribution >= 0.6 is 11.3 Å². The minimum atomic E-state index is -0.825. The van der Waals surface area contributed by atoms with Gasteiger partial charge in [-0.2, -0.15) is 5.10 Å². The van der Waals surface area contributed by atoms with E-state index in [-0.39, 0.29) is 17.7 Å². The lowest BCUT2D eigenvalue weighted by atomic mass is 9.95. The van der Waals surface area contributed by atoms with Gasteiger partial charge < -0.3 is 14.2 Å². The predicted molar refractivity (Wildman–Crippen MR) is 192 cm³/mol. The first kappa shape index (κ1) is 34.3. The third kappa shape index (κ3) is 6.81. The van der Waals surface area contributed by atoms with Crippen LogP contribution in [-0.2, 0) is 14.3 Å². The molecule has 0 saturated carbocycles. The second kappa shape index (κ2) is 14.9. The number of fused-ring (bicyclic) bond motifs is 1. The second-order valence-corrected chi connectivity index (χ2v) is 12.8. The Hall–Kier alpha value is -5.55. The smallest absolute Gasteiger partial charge is 0.338 e. The van der Waals surface area contributed by atoms with Gasteiger partial charge in [0.05, 0.1) is 53.4 Å². The Morgan fingerprint density at radius 1 is 0.980 bits per heavy atom. The third-order valence-electron chi connectivity index (χ3n) is 8.42. The number of para-hydroxylation sites is 1. The summed E-state index contributed by atoms with van der Waals surface area (Å²) in [5.74, 6) is -0.223. The van der Waals surface area contributed by atoms with Gasteiger partial charge in [0.1, 0.15) is 11.4 Å². The minimum Gasteiger partial charge on any atom is -0.493 e. The normalized spacial score (nSPS) is 14.3. The first-order chi connectivity index (χ1) is 24.2. The van der Waals surface area contributed by atoms with Crippen LogP contribution in [0.5, 0.6) is 5.75 Å². The summed E-state index contributed by atoms with van der Waals surface area (Å²) in [6, 6.07) is 21.6. The molecule has 0 radical (unpaired) electrons. The fourth-order valence-corrected chi connectivity index (χ4v) is 6.92. The zero-order valence-corrected chi connectivity index (χ0v) is 29.5. The number of thiazole rings is 1. The van der Waals surface area contributed by atoms with E-state index in [0.717, 1.165) is 41.0 Å². The molecule has 1 unspecified atom stereocenters. The second-order valence-electron chi connectivity index (χ2n) is 11.8. The largest absolute Gasteiger partial charge is 0.493 e. The van der Waals surface area contributed by atoms with E-state index >= 15 is 0 Å². The van der Waals surface area contributed by atoms with E-state index < -0.39 is 18.0 Å². The van der Waals surface area contributed by atoms with Crippen LogP contribution < -0.4 is 19.6 Å². The lowest BCUT2D eigenvalue weighted by molar-refractivity contribution is -0.139. The molecular formula is C39H38N4O6S. The molecule has 0 saturated heterocycles. The van der Waals surface area contributed by atoms with Gasteiger partial charge in [0, 0.05) is 17.3 Å². The maximum Gasteiger partial charge on any atom is 0.338 e. The highest BCUT2D eigenvalue weighted by Crippen LogP contribution is 2.32. The number of hydrogen-bond donors (Lipinski definition) is 0. The van der Waals surface area contributed by atoms with Gasteiger partial charge in [-0.1, -0.05) is 55.0 Å². The maximum absolute atomic E-state index is 14.4. The van der Waals surface area contributed by atoms with Crippen molar-refractivity contribution in [3.63, 3.8) is 0 Å². The van der Waals surface area contributed by atoms with Crippen molar-refractivity contribution in [1.29, 1.82) is 0 Å². The van der Waals surface area contributed by atoms with E-state index in [0.29, 0.717) is 38.5 Å². The number of esters is 2. The first-order valence-corrected chi connectivity index (χ1v) is 17.3. The number of nitrogens with zero attached hydrogens (tertiary/aromatic N) is 4. The van der Waals surface area contributed by atoms with Crippen molar-refractivity contribution in [2.45, 2.75) is 46.6 Å². The number of ether oxygens (including phenoxy) is 3. The number of rotatable bonds is 11. The molecule has 2 aromatic heterocycles. The molecule has 5 aromatic rings. The Kier molecular flexibility index (Phi) is 10.2. The number of hydrogen-bond acceptors (Lipinski definition) is 9. The van der Waals surface area contributed by atoms with Crippen LogP contribution in [0, 0.1) is 6.92 Å². The third-order valence-corrected chi connectivity index (χ3v) is 9.40. The van der Waals surface area contributed by atoms with Crippen molar-refractivity contribution >= 4 is 29.4 Å². The summed E-state index contributed by atoms with van der Waals surface area (Å²) >= 11 is 1.23. The van der Waals surface area contributed by atoms with Gasteiger partial charge in [-0.15, -0.1) is 0 Å². The lowest BCUT2D eigenvalue weighted by Gasteiger charge is -2.24. The van der Waals surface area contributed by atoms with Gasteiger partial charge in [0.25, 0.3) is 5.56 Å². The maximum atomic E-state index is 14.4. The Morgan fingerprint density at radius 3 is 2.42 bits per heavy atom. The molecule has 3 heterocycles. The van der Waals surface area contributed by atoms with Crippen molar-refractivity contribution in [1.82, 2.24) is 14.3 Å². The van der Waals surface area contributed by atoms with Crippen molar-refractivity contribution in [2.24, 2.45) is 4.99 Å². The SMILES string of the molecule is CCCCOc1ccc(-c2nn(-c3ccccc3)cc2/C=c2\sc3n(c2=O)C(c2ccc(C(=O)OC)cc2)C(C(=O)OCC)=C(C)N=3)cc1C. The minimum absolute atomic E-state index is 0.160. The summed E-state index contributed by atoms with van der Waals surface area (Å²) in [6.45, 7) is 8.42. The number of aryl methyl sites for hydroxylation is 1. The molecule has 256 valence electrons. The molecule has 1 aliphatic rings. The average Bonchev–Trinajstić information content (AvgIpc) is 3.68. The fourth-order valence-electron chi connectivity index (χ4n) is 5.88. The molecule has 11 heteroatoms. The summed E-state index contributed by atoms with van der Waals surface area (Å²) in [4.78, 5) is 45.0. The van der Waals surface area contributed by atoms with Crippen molar-refractivity contribution in [2.75, 3.05) is 20.3 Å². The summed E-state index contributed by atoms with van der Waals surface area (Å²) in [7, 11) is 1.31. The monoisotopic (exact) mass is 690 g/mol. The van der Waals surface area contributed by atoms with Crippen LogP contribution in [0.4, 0.5) is 0 Å². The zero-order valence-electron chi connectivity index (χ0n) is 28.6. The zero-order chi connectivity index (χ0) is 35.4. The predicted octanol–water partition coefficient (Wildman–Crippen LogP) is 5.92. The van der Waals surface area contributed by atoms with Gasteiger partial charge in [-0.25, -0.2) is 19.3 Å². The lowest BCUT2D eigenvalue weighted by Crippen LogP contribution is -2.40. The molecule has 50 heavy (non-hydrogen) atoms. The molecule has 3 aromatic carbocycles. The van der Waals surface area contributed by atoms with Crippen LogP contribution in [0.15, 0.2) is 100 Å². The van der Waals surface area contributed by atoms with E-state index in [1.807, 2.05) is 67.7 Å².